The third kappa shape index (κ3) is 5.24. The zero-order valence-electron chi connectivity index (χ0n) is 19.5. The molecule has 0 aromatic heterocycles. The van der Waals surface area contributed by atoms with Crippen LogP contribution in [0.15, 0.2) is 48.5 Å². The lowest BCUT2D eigenvalue weighted by molar-refractivity contribution is -0.138. The molecule has 1 saturated carbocycles. The molecule has 0 heterocycles. The summed E-state index contributed by atoms with van der Waals surface area (Å²) in [7, 11) is 0. The Morgan fingerprint density at radius 1 is 1.03 bits per heavy atom. The first-order chi connectivity index (χ1) is 16.5. The summed E-state index contributed by atoms with van der Waals surface area (Å²) >= 11 is 0. The summed E-state index contributed by atoms with van der Waals surface area (Å²) in [5, 5.41) is 14.7. The largest absolute Gasteiger partial charge is 0.481 e. The number of carbonyl (C=O) groups excluding carboxylic acids is 2. The molecule has 0 bridgehead atoms. The van der Waals surface area contributed by atoms with Crippen molar-refractivity contribution in [2.24, 2.45) is 11.8 Å². The van der Waals surface area contributed by atoms with Gasteiger partial charge >= 0.3 is 12.1 Å². The van der Waals surface area contributed by atoms with Crippen molar-refractivity contribution >= 4 is 18.0 Å². The van der Waals surface area contributed by atoms with Crippen molar-refractivity contribution in [2.45, 2.75) is 51.0 Å². The number of ether oxygens (including phenoxy) is 1. The van der Waals surface area contributed by atoms with Crippen LogP contribution in [0, 0.1) is 11.8 Å². The lowest BCUT2D eigenvalue weighted by Crippen LogP contribution is -2.43. The second kappa shape index (κ2) is 10.7. The first-order valence-corrected chi connectivity index (χ1v) is 12.1. The van der Waals surface area contributed by atoms with Gasteiger partial charge in [-0.3, -0.25) is 9.59 Å². The highest BCUT2D eigenvalue weighted by Gasteiger charge is 2.34. The Morgan fingerprint density at radius 3 is 2.29 bits per heavy atom. The van der Waals surface area contributed by atoms with Gasteiger partial charge < -0.3 is 20.5 Å². The van der Waals surface area contributed by atoms with E-state index in [1.54, 1.807) is 0 Å². The fourth-order valence-electron chi connectivity index (χ4n) is 5.31. The van der Waals surface area contributed by atoms with Crippen LogP contribution in [0.3, 0.4) is 0 Å². The van der Waals surface area contributed by atoms with E-state index in [9.17, 15) is 14.4 Å². The maximum absolute atomic E-state index is 12.7. The van der Waals surface area contributed by atoms with Crippen molar-refractivity contribution in [2.75, 3.05) is 13.2 Å². The van der Waals surface area contributed by atoms with E-state index in [-0.39, 0.29) is 42.7 Å². The summed E-state index contributed by atoms with van der Waals surface area (Å²) in [5.74, 6) is -1.25. The molecule has 2 aliphatic carbocycles. The molecule has 1 fully saturated rings. The molecule has 0 aliphatic heterocycles. The van der Waals surface area contributed by atoms with E-state index in [4.69, 9.17) is 9.84 Å². The van der Waals surface area contributed by atoms with Gasteiger partial charge in [0.15, 0.2) is 0 Å². The van der Waals surface area contributed by atoms with Crippen molar-refractivity contribution in [1.29, 1.82) is 0 Å². The third-order valence-corrected chi connectivity index (χ3v) is 7.11. The second-order valence-corrected chi connectivity index (χ2v) is 9.22. The van der Waals surface area contributed by atoms with Gasteiger partial charge in [-0.15, -0.1) is 0 Å². The fraction of sp³-hybridized carbons (Fsp3) is 0.444. The quantitative estimate of drug-likeness (QED) is 0.513. The molecule has 2 aromatic carbocycles. The van der Waals surface area contributed by atoms with Crippen molar-refractivity contribution in [1.82, 2.24) is 10.6 Å². The van der Waals surface area contributed by atoms with E-state index in [2.05, 4.69) is 34.9 Å². The van der Waals surface area contributed by atoms with Gasteiger partial charge in [-0.25, -0.2) is 4.79 Å². The molecule has 0 saturated heterocycles. The monoisotopic (exact) mass is 464 g/mol. The summed E-state index contributed by atoms with van der Waals surface area (Å²) in [6.45, 7) is 2.48. The number of carboxylic acid groups (broad SMARTS) is 1. The number of benzene rings is 2. The highest BCUT2D eigenvalue weighted by molar-refractivity contribution is 5.81. The molecular weight excluding hydrogens is 432 g/mol. The Balaban J connectivity index is 1.29. The predicted molar refractivity (Wildman–Crippen MR) is 128 cm³/mol. The molecule has 3 N–H and O–H groups in total. The molecule has 0 unspecified atom stereocenters. The minimum atomic E-state index is -0.924. The van der Waals surface area contributed by atoms with Gasteiger partial charge in [0.05, 0.1) is 6.42 Å². The maximum Gasteiger partial charge on any atom is 0.407 e. The first kappa shape index (κ1) is 23.8. The summed E-state index contributed by atoms with van der Waals surface area (Å²) in [6.07, 6.45) is 2.49. The van der Waals surface area contributed by atoms with Crippen LogP contribution < -0.4 is 10.6 Å². The average Bonchev–Trinajstić information content (AvgIpc) is 3.43. The molecule has 180 valence electrons. The number of rotatable bonds is 9. The SMILES string of the molecule is CC[C@H](CC(=O)O)NC(=O)[C@H]1CCC[C@H]1CNC(=O)OCC1c2ccccc2-c2ccccc21. The number of nitrogens with one attached hydrogen (secondary N) is 2. The van der Waals surface area contributed by atoms with Gasteiger partial charge in [0, 0.05) is 24.4 Å². The molecule has 0 spiro atoms. The highest BCUT2D eigenvalue weighted by Crippen LogP contribution is 2.44. The van der Waals surface area contributed by atoms with Crippen molar-refractivity contribution in [3.63, 3.8) is 0 Å². The number of carbonyl (C=O) groups is 3. The van der Waals surface area contributed by atoms with Crippen LogP contribution in [0.1, 0.15) is 56.1 Å². The lowest BCUT2D eigenvalue weighted by atomic mass is 9.94. The topological polar surface area (TPSA) is 105 Å². The zero-order chi connectivity index (χ0) is 24.1. The van der Waals surface area contributed by atoms with E-state index in [0.717, 1.165) is 30.4 Å². The van der Waals surface area contributed by atoms with E-state index in [1.165, 1.54) is 11.1 Å². The number of alkyl carbamates (subject to hydrolysis) is 1. The number of amides is 2. The van der Waals surface area contributed by atoms with Crippen LogP contribution in [0.25, 0.3) is 11.1 Å². The van der Waals surface area contributed by atoms with Crippen LogP contribution >= 0.6 is 0 Å². The maximum atomic E-state index is 12.7. The second-order valence-electron chi connectivity index (χ2n) is 9.22. The van der Waals surface area contributed by atoms with Crippen LogP contribution in [-0.2, 0) is 14.3 Å². The molecule has 0 radical (unpaired) electrons. The zero-order valence-corrected chi connectivity index (χ0v) is 19.5. The van der Waals surface area contributed by atoms with E-state index in [1.807, 2.05) is 31.2 Å². The van der Waals surface area contributed by atoms with Gasteiger partial charge in [-0.1, -0.05) is 61.9 Å². The van der Waals surface area contributed by atoms with Crippen LogP contribution in [-0.4, -0.2) is 42.3 Å². The molecular formula is C27H32N2O5. The van der Waals surface area contributed by atoms with Gasteiger partial charge in [-0.05, 0) is 47.4 Å². The van der Waals surface area contributed by atoms with E-state index < -0.39 is 12.1 Å². The predicted octanol–water partition coefficient (Wildman–Crippen LogP) is 4.31. The number of hydrogen-bond acceptors (Lipinski definition) is 4. The van der Waals surface area contributed by atoms with Crippen molar-refractivity contribution in [3.05, 3.63) is 59.7 Å². The molecule has 2 aliphatic rings. The number of aliphatic carboxylic acids is 1. The summed E-state index contributed by atoms with van der Waals surface area (Å²) in [6, 6.07) is 16.0. The van der Waals surface area contributed by atoms with Crippen LogP contribution in [0.5, 0.6) is 0 Å². The molecule has 7 heteroatoms. The number of hydrogen-bond donors (Lipinski definition) is 3. The third-order valence-electron chi connectivity index (χ3n) is 7.11. The summed E-state index contributed by atoms with van der Waals surface area (Å²) in [5.41, 5.74) is 4.69. The molecule has 3 atom stereocenters. The van der Waals surface area contributed by atoms with E-state index in [0.29, 0.717) is 13.0 Å². The summed E-state index contributed by atoms with van der Waals surface area (Å²) < 4.78 is 5.61. The Hall–Kier alpha value is -3.35. The molecule has 2 amide bonds. The number of carboxylic acids is 1. The molecule has 2 aromatic rings. The van der Waals surface area contributed by atoms with Gasteiger partial charge in [-0.2, -0.15) is 0 Å². The van der Waals surface area contributed by atoms with Crippen LogP contribution in [0.2, 0.25) is 0 Å². The number of fused-ring (bicyclic) bond motifs is 3. The average molecular weight is 465 g/mol. The standard InChI is InChI=1S/C27H32N2O5/c1-2-18(14-25(30)31)29-26(32)19-13-7-8-17(19)15-28-27(33)34-16-24-22-11-5-3-9-20(22)21-10-4-6-12-23(21)24/h3-6,9-12,17-19,24H,2,7-8,13-16H2,1H3,(H,28,33)(H,29,32)(H,30,31)/t17-,18+,19-/m0/s1. The van der Waals surface area contributed by atoms with Crippen LogP contribution in [0.4, 0.5) is 4.79 Å². The normalized spacial score (nSPS) is 19.7. The molecule has 4 rings (SSSR count). The Morgan fingerprint density at radius 2 is 1.68 bits per heavy atom. The van der Waals surface area contributed by atoms with E-state index >= 15 is 0 Å². The molecule has 7 nitrogen and oxygen atoms in total. The van der Waals surface area contributed by atoms with Crippen molar-refractivity contribution < 1.29 is 24.2 Å². The first-order valence-electron chi connectivity index (χ1n) is 12.1. The van der Waals surface area contributed by atoms with Gasteiger partial charge in [0.25, 0.3) is 0 Å². The Kier molecular flexibility index (Phi) is 7.50. The molecule has 34 heavy (non-hydrogen) atoms. The lowest BCUT2D eigenvalue weighted by Gasteiger charge is -2.23. The fourth-order valence-corrected chi connectivity index (χ4v) is 5.31. The van der Waals surface area contributed by atoms with Gasteiger partial charge in [0.2, 0.25) is 5.91 Å². The Bertz CT molecular complexity index is 1010. The Labute approximate surface area is 199 Å². The minimum absolute atomic E-state index is 0.00312. The van der Waals surface area contributed by atoms with Crippen molar-refractivity contribution in [3.8, 4) is 11.1 Å². The smallest absolute Gasteiger partial charge is 0.407 e. The summed E-state index contributed by atoms with van der Waals surface area (Å²) in [4.78, 5) is 36.2. The van der Waals surface area contributed by atoms with Gasteiger partial charge in [0.1, 0.15) is 6.61 Å². The highest BCUT2D eigenvalue weighted by atomic mass is 16.5. The minimum Gasteiger partial charge on any atom is -0.481 e.